The summed E-state index contributed by atoms with van der Waals surface area (Å²) >= 11 is 0. The summed E-state index contributed by atoms with van der Waals surface area (Å²) in [6.07, 6.45) is 14.5. The molecule has 0 saturated heterocycles. The molecule has 0 atom stereocenters. The van der Waals surface area contributed by atoms with Crippen LogP contribution < -0.4 is 15.8 Å². The number of benzene rings is 2. The van der Waals surface area contributed by atoms with Crippen molar-refractivity contribution < 1.29 is 9.53 Å². The normalized spacial score (nSPS) is 17.9. The molecule has 182 valence electrons. The Kier molecular flexibility index (Phi) is 8.09. The van der Waals surface area contributed by atoms with Crippen LogP contribution >= 0.6 is 0 Å². The Bertz CT molecular complexity index is 1290. The van der Waals surface area contributed by atoms with Crippen LogP contribution in [-0.2, 0) is 4.79 Å². The summed E-state index contributed by atoms with van der Waals surface area (Å²) < 4.78 is 5.91. The molecule has 0 unspecified atom stereocenters. The van der Waals surface area contributed by atoms with Crippen LogP contribution in [-0.4, -0.2) is 34.7 Å². The van der Waals surface area contributed by atoms with Crippen molar-refractivity contribution in [2.45, 2.75) is 31.7 Å². The maximum Gasteiger partial charge on any atom is 0.295 e. The number of nitrogens with two attached hydrogens (primary N) is 1. The van der Waals surface area contributed by atoms with Crippen molar-refractivity contribution in [1.82, 2.24) is 15.3 Å². The maximum absolute atomic E-state index is 11.4. The fraction of sp³-hybridized carbons (Fsp3) is 0.241. The summed E-state index contributed by atoms with van der Waals surface area (Å²) in [5, 5.41) is 2.88. The lowest BCUT2D eigenvalue weighted by molar-refractivity contribution is -0.116. The van der Waals surface area contributed by atoms with Crippen LogP contribution in [0.1, 0.15) is 42.5 Å². The average Bonchev–Trinajstić information content (AvgIpc) is 2.91. The Morgan fingerprint density at radius 2 is 1.78 bits per heavy atom. The van der Waals surface area contributed by atoms with Gasteiger partial charge in [-0.1, -0.05) is 24.3 Å². The standard InChI is InChI=1S/C29H29N5O2/c1-3-26(35)34-22-14-9-20(10-15-22)11-18-25-27(29(30)33-19-32-25)28(31-2)21-12-16-24(17-13-21)36-23-7-5-4-6-8-23/h1,4-8,11-13,16-20,22H,9-10,14-15H2,2H3,(H,34,35)(H2,30,32,33)/b18-11-,31-28-/t20-,22+. The number of hydrogen-bond donors (Lipinski definition) is 2. The summed E-state index contributed by atoms with van der Waals surface area (Å²) in [5.74, 6) is 4.02. The summed E-state index contributed by atoms with van der Waals surface area (Å²) in [4.78, 5) is 24.7. The second-order valence-corrected chi connectivity index (χ2v) is 8.62. The van der Waals surface area contributed by atoms with E-state index in [0.29, 0.717) is 23.0 Å². The zero-order valence-corrected chi connectivity index (χ0v) is 20.2. The SMILES string of the molecule is C#CC(=O)N[C@H]1CC[C@@H](/C=C\c2ncnc(N)c2/C(=N\C)c2ccc(Oc3ccccc3)cc2)CC1. The van der Waals surface area contributed by atoms with Crippen LogP contribution in [0.25, 0.3) is 6.08 Å². The highest BCUT2D eigenvalue weighted by molar-refractivity contribution is 6.16. The average molecular weight is 480 g/mol. The van der Waals surface area contributed by atoms with Gasteiger partial charge in [0.15, 0.2) is 0 Å². The predicted octanol–water partition coefficient (Wildman–Crippen LogP) is 4.64. The number of para-hydroxylation sites is 1. The number of nitrogen functional groups attached to an aromatic ring is 1. The van der Waals surface area contributed by atoms with Crippen molar-refractivity contribution in [1.29, 1.82) is 0 Å². The van der Waals surface area contributed by atoms with Crippen LogP contribution in [0.4, 0.5) is 5.82 Å². The topological polar surface area (TPSA) is 102 Å². The molecule has 1 saturated carbocycles. The molecule has 36 heavy (non-hydrogen) atoms. The van der Waals surface area contributed by atoms with Gasteiger partial charge >= 0.3 is 0 Å². The molecule has 1 amide bonds. The first-order valence-electron chi connectivity index (χ1n) is 11.9. The Morgan fingerprint density at radius 1 is 1.08 bits per heavy atom. The number of allylic oxidation sites excluding steroid dienone is 1. The number of carbonyl (C=O) groups excluding carboxylic acids is 1. The number of nitrogens with zero attached hydrogens (tertiary/aromatic N) is 3. The van der Waals surface area contributed by atoms with Gasteiger partial charge in [0.05, 0.1) is 17.0 Å². The first kappa shape index (κ1) is 24.7. The minimum Gasteiger partial charge on any atom is -0.457 e. The second kappa shape index (κ2) is 11.8. The molecule has 1 aromatic heterocycles. The number of amides is 1. The second-order valence-electron chi connectivity index (χ2n) is 8.62. The van der Waals surface area contributed by atoms with E-state index < -0.39 is 0 Å². The zero-order valence-electron chi connectivity index (χ0n) is 20.2. The molecule has 7 nitrogen and oxygen atoms in total. The van der Waals surface area contributed by atoms with E-state index in [0.717, 1.165) is 48.4 Å². The van der Waals surface area contributed by atoms with E-state index in [4.69, 9.17) is 16.9 Å². The number of rotatable bonds is 7. The summed E-state index contributed by atoms with van der Waals surface area (Å²) in [6.45, 7) is 0. The van der Waals surface area contributed by atoms with Gasteiger partial charge in [-0.2, -0.15) is 0 Å². The Labute approximate surface area is 211 Å². The van der Waals surface area contributed by atoms with E-state index in [2.05, 4.69) is 32.3 Å². The number of aromatic nitrogens is 2. The highest BCUT2D eigenvalue weighted by atomic mass is 16.5. The maximum atomic E-state index is 11.4. The van der Waals surface area contributed by atoms with Crippen molar-refractivity contribution in [3.05, 3.63) is 83.8 Å². The number of terminal acetylenes is 1. The minimum absolute atomic E-state index is 0.135. The van der Waals surface area contributed by atoms with E-state index in [1.165, 1.54) is 6.33 Å². The lowest BCUT2D eigenvalue weighted by Gasteiger charge is -2.26. The Hall–Kier alpha value is -4.44. The first-order chi connectivity index (χ1) is 17.6. The van der Waals surface area contributed by atoms with Crippen molar-refractivity contribution in [3.8, 4) is 23.8 Å². The molecular formula is C29H29N5O2. The summed E-state index contributed by atoms with van der Waals surface area (Å²) in [6, 6.07) is 17.5. The molecule has 7 heteroatoms. The first-order valence-corrected chi connectivity index (χ1v) is 11.9. The molecule has 1 aliphatic carbocycles. The number of aliphatic imine (C=N–C) groups is 1. The number of ether oxygens (including phenoxy) is 1. The van der Waals surface area contributed by atoms with Gasteiger partial charge < -0.3 is 15.8 Å². The van der Waals surface area contributed by atoms with E-state index in [-0.39, 0.29) is 11.9 Å². The number of nitrogens with one attached hydrogen (secondary N) is 1. The van der Waals surface area contributed by atoms with Crippen molar-refractivity contribution in [2.75, 3.05) is 12.8 Å². The molecule has 1 heterocycles. The van der Waals surface area contributed by atoms with E-state index >= 15 is 0 Å². The van der Waals surface area contributed by atoms with Gasteiger partial charge in [-0.3, -0.25) is 9.79 Å². The van der Waals surface area contributed by atoms with Gasteiger partial charge in [0.1, 0.15) is 23.6 Å². The lowest BCUT2D eigenvalue weighted by Crippen LogP contribution is -2.36. The molecule has 0 spiro atoms. The van der Waals surface area contributed by atoms with Crippen LogP contribution in [0.2, 0.25) is 0 Å². The summed E-state index contributed by atoms with van der Waals surface area (Å²) in [5.41, 5.74) is 9.32. The number of hydrogen-bond acceptors (Lipinski definition) is 6. The van der Waals surface area contributed by atoms with Crippen LogP contribution in [0.3, 0.4) is 0 Å². The van der Waals surface area contributed by atoms with E-state index in [9.17, 15) is 4.79 Å². The number of carbonyl (C=O) groups is 1. The van der Waals surface area contributed by atoms with Crippen molar-refractivity contribution in [3.63, 3.8) is 0 Å². The molecule has 0 radical (unpaired) electrons. The van der Waals surface area contributed by atoms with Crippen molar-refractivity contribution in [2.24, 2.45) is 10.9 Å². The van der Waals surface area contributed by atoms with E-state index in [1.54, 1.807) is 7.05 Å². The van der Waals surface area contributed by atoms with Gasteiger partial charge in [0.25, 0.3) is 5.91 Å². The molecule has 0 aliphatic heterocycles. The molecular weight excluding hydrogens is 450 g/mol. The third-order valence-electron chi connectivity index (χ3n) is 6.24. The molecule has 1 fully saturated rings. The van der Waals surface area contributed by atoms with Crippen LogP contribution in [0.15, 0.2) is 72.0 Å². The molecule has 1 aliphatic rings. The lowest BCUT2D eigenvalue weighted by atomic mass is 9.85. The molecule has 0 bridgehead atoms. The van der Waals surface area contributed by atoms with Crippen molar-refractivity contribution >= 4 is 23.5 Å². The minimum atomic E-state index is -0.346. The largest absolute Gasteiger partial charge is 0.457 e. The Balaban J connectivity index is 1.49. The number of anilines is 1. The van der Waals surface area contributed by atoms with Gasteiger partial charge in [-0.15, -0.1) is 6.42 Å². The quantitative estimate of drug-likeness (QED) is 0.380. The molecule has 2 aromatic carbocycles. The van der Waals surface area contributed by atoms with E-state index in [1.807, 2.05) is 60.7 Å². The van der Waals surface area contributed by atoms with Gasteiger partial charge in [-0.05, 0) is 80.0 Å². The smallest absolute Gasteiger partial charge is 0.295 e. The summed E-state index contributed by atoms with van der Waals surface area (Å²) in [7, 11) is 1.73. The molecule has 3 aromatic rings. The van der Waals surface area contributed by atoms with Crippen LogP contribution in [0, 0.1) is 18.3 Å². The third-order valence-corrected chi connectivity index (χ3v) is 6.24. The highest BCUT2D eigenvalue weighted by Gasteiger charge is 2.21. The third kappa shape index (κ3) is 6.16. The molecule has 3 N–H and O–H groups in total. The predicted molar refractivity (Wildman–Crippen MR) is 143 cm³/mol. The Morgan fingerprint density at radius 3 is 2.44 bits per heavy atom. The van der Waals surface area contributed by atoms with Gasteiger partial charge in [0, 0.05) is 18.7 Å². The fourth-order valence-electron chi connectivity index (χ4n) is 4.38. The monoisotopic (exact) mass is 479 g/mol. The zero-order chi connectivity index (χ0) is 25.3. The highest BCUT2D eigenvalue weighted by Crippen LogP contribution is 2.28. The van der Waals surface area contributed by atoms with Gasteiger partial charge in [0.2, 0.25) is 0 Å². The fourth-order valence-corrected chi connectivity index (χ4v) is 4.38. The molecule has 4 rings (SSSR count). The van der Waals surface area contributed by atoms with Gasteiger partial charge in [-0.25, -0.2) is 9.97 Å². The van der Waals surface area contributed by atoms with Crippen LogP contribution in [0.5, 0.6) is 11.5 Å².